The Morgan fingerprint density at radius 1 is 1.80 bits per heavy atom. The summed E-state index contributed by atoms with van der Waals surface area (Å²) in [5.41, 5.74) is 4.47. The molecule has 0 radical (unpaired) electrons. The van der Waals surface area contributed by atoms with Crippen LogP contribution in [0.15, 0.2) is 0 Å². The predicted molar refractivity (Wildman–Crippen MR) is 14.9 cm³/mol. The predicted octanol–water partition coefficient (Wildman–Crippen LogP) is -0.511. The normalized spacial score (nSPS) is 5.00. The van der Waals surface area contributed by atoms with E-state index in [4.69, 9.17) is 0 Å². The van der Waals surface area contributed by atoms with Crippen molar-refractivity contribution in [2.45, 2.75) is 6.92 Å². The van der Waals surface area contributed by atoms with Gasteiger partial charge in [0.25, 0.3) is 0 Å². The molecule has 0 saturated carbocycles. The number of hydrogen-bond acceptors (Lipinski definition) is 1. The summed E-state index contributed by atoms with van der Waals surface area (Å²) in [6.45, 7) is 1.31. The van der Waals surface area contributed by atoms with Gasteiger partial charge in [0.05, 0.1) is 0 Å². The summed E-state index contributed by atoms with van der Waals surface area (Å²) in [5.74, 6) is -0.333. The van der Waals surface area contributed by atoms with Gasteiger partial charge < -0.3 is 5.73 Å². The zero-order valence-corrected chi connectivity index (χ0v) is 8.69. The van der Waals surface area contributed by atoms with Crippen LogP contribution in [-0.2, 0) is 32.5 Å². The van der Waals surface area contributed by atoms with Crippen molar-refractivity contribution >= 4 is 5.91 Å². The van der Waals surface area contributed by atoms with Crippen molar-refractivity contribution in [3.8, 4) is 0 Å². The standard InChI is InChI=1S/C2H5NO.Hg/c1-2(3)4;/h1H3,(H2,3,4);. The first-order valence-corrected chi connectivity index (χ1v) is 0.993. The van der Waals surface area contributed by atoms with Crippen molar-refractivity contribution in [3.05, 3.63) is 0 Å². The van der Waals surface area contributed by atoms with Gasteiger partial charge in [-0.25, -0.2) is 0 Å². The molecule has 0 heterocycles. The zero-order chi connectivity index (χ0) is 3.58. The molecule has 0 aromatic heterocycles. The smallest absolute Gasteiger partial charge is 0.214 e. The molecule has 0 aromatic rings. The molecule has 0 spiro atoms. The SMILES string of the molecule is CC(N)=O.[Hg]. The molecule has 3 heteroatoms. The fraction of sp³-hybridized carbons (Fsp3) is 0.500. The minimum atomic E-state index is -0.333. The Labute approximate surface area is 51.2 Å². The third kappa shape index (κ3) is 155. The third-order valence-corrected chi connectivity index (χ3v) is 0. The fourth-order valence-electron chi connectivity index (χ4n) is 0. The molecule has 0 aliphatic rings. The maximum absolute atomic E-state index is 9.22. The van der Waals surface area contributed by atoms with Crippen LogP contribution in [0.3, 0.4) is 0 Å². The van der Waals surface area contributed by atoms with Gasteiger partial charge in [-0.2, -0.15) is 0 Å². The molecule has 0 aliphatic heterocycles. The Balaban J connectivity index is 0. The van der Waals surface area contributed by atoms with Crippen molar-refractivity contribution in [1.82, 2.24) is 0 Å². The van der Waals surface area contributed by atoms with Gasteiger partial charge in [-0.15, -0.1) is 0 Å². The molecule has 0 saturated heterocycles. The molecule has 0 aromatic carbocycles. The molecule has 2 N–H and O–H groups in total. The van der Waals surface area contributed by atoms with Crippen LogP contribution >= 0.6 is 0 Å². The summed E-state index contributed by atoms with van der Waals surface area (Å²) in [7, 11) is 0. The van der Waals surface area contributed by atoms with Crippen LogP contribution in [0, 0.1) is 0 Å². The first-order chi connectivity index (χ1) is 1.73. The Morgan fingerprint density at radius 2 is 1.80 bits per heavy atom. The van der Waals surface area contributed by atoms with E-state index in [0.717, 1.165) is 0 Å². The summed E-state index contributed by atoms with van der Waals surface area (Å²) < 4.78 is 0. The molecular weight excluding hydrogens is 255 g/mol. The zero-order valence-electron chi connectivity index (χ0n) is 3.19. The second kappa shape index (κ2) is 4.41. The maximum Gasteiger partial charge on any atom is 0.214 e. The molecular formula is C2H5HgNO. The van der Waals surface area contributed by atoms with Gasteiger partial charge in [0.1, 0.15) is 0 Å². The Kier molecular flexibility index (Phi) is 7.97. The Morgan fingerprint density at radius 3 is 1.80 bits per heavy atom. The molecule has 5 heavy (non-hydrogen) atoms. The van der Waals surface area contributed by atoms with E-state index in [2.05, 4.69) is 5.73 Å². The molecule has 0 aliphatic carbocycles. The average molecular weight is 260 g/mol. The molecule has 0 fully saturated rings. The van der Waals surface area contributed by atoms with Crippen LogP contribution in [-0.4, -0.2) is 5.91 Å². The van der Waals surface area contributed by atoms with Gasteiger partial charge >= 0.3 is 0 Å². The molecule has 26 valence electrons. The quantitative estimate of drug-likeness (QED) is 0.585. The van der Waals surface area contributed by atoms with Crippen LogP contribution in [0.2, 0.25) is 0 Å². The second-order valence-electron chi connectivity index (χ2n) is 0.611. The van der Waals surface area contributed by atoms with E-state index in [1.54, 1.807) is 0 Å². The van der Waals surface area contributed by atoms with E-state index in [1.807, 2.05) is 0 Å². The van der Waals surface area contributed by atoms with E-state index in [-0.39, 0.29) is 33.6 Å². The number of rotatable bonds is 0. The number of primary amides is 1. The van der Waals surface area contributed by atoms with E-state index in [9.17, 15) is 4.79 Å². The third-order valence-electron chi connectivity index (χ3n) is 0. The summed E-state index contributed by atoms with van der Waals surface area (Å²) in [4.78, 5) is 9.22. The van der Waals surface area contributed by atoms with Crippen LogP contribution in [0.5, 0.6) is 0 Å². The summed E-state index contributed by atoms with van der Waals surface area (Å²) in [5, 5.41) is 0. The van der Waals surface area contributed by atoms with E-state index in [0.29, 0.717) is 0 Å². The van der Waals surface area contributed by atoms with E-state index in [1.165, 1.54) is 6.92 Å². The summed E-state index contributed by atoms with van der Waals surface area (Å²) in [6.07, 6.45) is 0. The van der Waals surface area contributed by atoms with Crippen LogP contribution < -0.4 is 5.73 Å². The van der Waals surface area contributed by atoms with Crippen molar-refractivity contribution in [1.29, 1.82) is 0 Å². The molecule has 0 rings (SSSR count). The topological polar surface area (TPSA) is 43.1 Å². The van der Waals surface area contributed by atoms with Gasteiger partial charge in [0.15, 0.2) is 0 Å². The number of nitrogens with two attached hydrogens (primary N) is 1. The van der Waals surface area contributed by atoms with Gasteiger partial charge in [-0.3, -0.25) is 4.79 Å². The Hall–Kier alpha value is 0.405. The van der Waals surface area contributed by atoms with Crippen molar-refractivity contribution in [2.24, 2.45) is 5.73 Å². The van der Waals surface area contributed by atoms with Gasteiger partial charge in [-0.1, -0.05) is 0 Å². The van der Waals surface area contributed by atoms with Crippen molar-refractivity contribution < 1.29 is 32.5 Å². The minimum Gasteiger partial charge on any atom is -0.370 e. The first kappa shape index (κ1) is 9.05. The van der Waals surface area contributed by atoms with Crippen LogP contribution in [0.4, 0.5) is 0 Å². The van der Waals surface area contributed by atoms with Gasteiger partial charge in [0, 0.05) is 34.6 Å². The summed E-state index contributed by atoms with van der Waals surface area (Å²) in [6, 6.07) is 0. The average Bonchev–Trinajstić information content (AvgIpc) is 0.811. The van der Waals surface area contributed by atoms with E-state index >= 15 is 0 Å². The molecule has 2 nitrogen and oxygen atoms in total. The fourth-order valence-corrected chi connectivity index (χ4v) is 0. The summed E-state index contributed by atoms with van der Waals surface area (Å²) >= 11 is 0. The largest absolute Gasteiger partial charge is 0.370 e. The van der Waals surface area contributed by atoms with E-state index < -0.39 is 0 Å². The molecule has 0 atom stereocenters. The van der Waals surface area contributed by atoms with Gasteiger partial charge in [0.2, 0.25) is 5.91 Å². The maximum atomic E-state index is 9.22. The van der Waals surface area contributed by atoms with Crippen LogP contribution in [0.1, 0.15) is 6.92 Å². The number of carbonyl (C=O) groups excluding carboxylic acids is 1. The molecule has 0 bridgehead atoms. The molecule has 1 amide bonds. The van der Waals surface area contributed by atoms with Gasteiger partial charge in [-0.05, 0) is 0 Å². The monoisotopic (exact) mass is 261 g/mol. The van der Waals surface area contributed by atoms with Crippen molar-refractivity contribution in [3.63, 3.8) is 0 Å². The number of carbonyl (C=O) groups is 1. The minimum absolute atomic E-state index is 0. The second-order valence-corrected chi connectivity index (χ2v) is 0.611. The number of hydrogen-bond donors (Lipinski definition) is 1. The Bertz CT molecular complexity index is 32.6. The van der Waals surface area contributed by atoms with Crippen molar-refractivity contribution in [2.75, 3.05) is 0 Å². The first-order valence-electron chi connectivity index (χ1n) is 0.993. The number of amides is 1. The molecule has 0 unspecified atom stereocenters. The van der Waals surface area contributed by atoms with Crippen LogP contribution in [0.25, 0.3) is 0 Å².